The van der Waals surface area contributed by atoms with Gasteiger partial charge >= 0.3 is 0 Å². The third-order valence-corrected chi connectivity index (χ3v) is 5.33. The number of carbonyl (C=O) groups excluding carboxylic acids is 2. The van der Waals surface area contributed by atoms with Crippen molar-refractivity contribution in [1.82, 2.24) is 10.2 Å². The second kappa shape index (κ2) is 11.1. The lowest BCUT2D eigenvalue weighted by Gasteiger charge is -2.31. The SMILES string of the molecule is CNC(=O)[C@H](Cc1ccccc1)N(Cc1ccccc1F)C(=O)Cc1ccc(OC)cc1. The van der Waals surface area contributed by atoms with Gasteiger partial charge in [0.15, 0.2) is 0 Å². The smallest absolute Gasteiger partial charge is 0.242 e. The van der Waals surface area contributed by atoms with Crippen LogP contribution < -0.4 is 10.1 Å². The van der Waals surface area contributed by atoms with Crippen molar-refractivity contribution in [2.75, 3.05) is 14.2 Å². The van der Waals surface area contributed by atoms with Gasteiger partial charge in [0.1, 0.15) is 17.6 Å². The Hall–Kier alpha value is -3.67. The summed E-state index contributed by atoms with van der Waals surface area (Å²) in [5.41, 5.74) is 2.05. The molecule has 6 heteroatoms. The molecular formula is C26H27FN2O3. The zero-order valence-corrected chi connectivity index (χ0v) is 18.3. The number of ether oxygens (including phenoxy) is 1. The zero-order chi connectivity index (χ0) is 22.9. The molecule has 0 aromatic heterocycles. The fourth-order valence-electron chi connectivity index (χ4n) is 3.55. The third kappa shape index (κ3) is 5.94. The minimum absolute atomic E-state index is 0.00736. The Morgan fingerprint density at radius 3 is 2.22 bits per heavy atom. The highest BCUT2D eigenvalue weighted by Gasteiger charge is 2.30. The molecule has 3 aromatic carbocycles. The molecule has 0 aliphatic carbocycles. The van der Waals surface area contributed by atoms with Crippen LogP contribution in [0.4, 0.5) is 4.39 Å². The summed E-state index contributed by atoms with van der Waals surface area (Å²) in [4.78, 5) is 27.8. The van der Waals surface area contributed by atoms with Crippen molar-refractivity contribution in [3.8, 4) is 5.75 Å². The molecule has 2 amide bonds. The lowest BCUT2D eigenvalue weighted by atomic mass is 10.0. The standard InChI is InChI=1S/C26H27FN2O3/c1-28-26(31)24(16-19-8-4-3-5-9-19)29(18-21-10-6-7-11-23(21)27)25(30)17-20-12-14-22(32-2)15-13-20/h3-15,24H,16-18H2,1-2H3,(H,28,31)/t24-/m0/s1. The highest BCUT2D eigenvalue weighted by atomic mass is 19.1. The van der Waals surface area contributed by atoms with E-state index in [0.717, 1.165) is 11.1 Å². The van der Waals surface area contributed by atoms with Crippen LogP contribution in [0.5, 0.6) is 5.75 Å². The molecule has 1 N–H and O–H groups in total. The first-order chi connectivity index (χ1) is 15.5. The Labute approximate surface area is 187 Å². The number of hydrogen-bond donors (Lipinski definition) is 1. The van der Waals surface area contributed by atoms with Crippen LogP contribution in [0.2, 0.25) is 0 Å². The number of nitrogens with zero attached hydrogens (tertiary/aromatic N) is 1. The predicted molar refractivity (Wildman–Crippen MR) is 122 cm³/mol. The normalized spacial score (nSPS) is 11.5. The van der Waals surface area contributed by atoms with Crippen LogP contribution in [0.15, 0.2) is 78.9 Å². The Bertz CT molecular complexity index is 1040. The maximum absolute atomic E-state index is 14.4. The van der Waals surface area contributed by atoms with Gasteiger partial charge in [-0.15, -0.1) is 0 Å². The first-order valence-electron chi connectivity index (χ1n) is 10.4. The summed E-state index contributed by atoms with van der Waals surface area (Å²) in [6, 6.07) is 22.2. The summed E-state index contributed by atoms with van der Waals surface area (Å²) in [7, 11) is 3.11. The quantitative estimate of drug-likeness (QED) is 0.558. The molecule has 0 saturated carbocycles. The molecule has 1 atom stereocenters. The van der Waals surface area contributed by atoms with E-state index in [2.05, 4.69) is 5.32 Å². The summed E-state index contributed by atoms with van der Waals surface area (Å²) in [5.74, 6) is -0.280. The van der Waals surface area contributed by atoms with Crippen molar-refractivity contribution in [3.63, 3.8) is 0 Å². The summed E-state index contributed by atoms with van der Waals surface area (Å²) >= 11 is 0. The van der Waals surface area contributed by atoms with E-state index in [1.165, 1.54) is 18.0 Å². The third-order valence-electron chi connectivity index (χ3n) is 5.33. The first-order valence-corrected chi connectivity index (χ1v) is 10.4. The molecular weight excluding hydrogens is 407 g/mol. The summed E-state index contributed by atoms with van der Waals surface area (Å²) in [6.45, 7) is -0.00736. The zero-order valence-electron chi connectivity index (χ0n) is 18.3. The predicted octanol–water partition coefficient (Wildman–Crippen LogP) is 3.76. The van der Waals surface area contributed by atoms with Crippen LogP contribution >= 0.6 is 0 Å². The van der Waals surface area contributed by atoms with Gasteiger partial charge in [0, 0.05) is 25.6 Å². The molecule has 0 spiro atoms. The van der Waals surface area contributed by atoms with Crippen molar-refractivity contribution < 1.29 is 18.7 Å². The Morgan fingerprint density at radius 1 is 0.938 bits per heavy atom. The molecule has 0 aliphatic rings. The number of rotatable bonds is 9. The van der Waals surface area contributed by atoms with Crippen LogP contribution in [0.25, 0.3) is 0 Å². The van der Waals surface area contributed by atoms with Crippen LogP contribution in [0, 0.1) is 5.82 Å². The molecule has 0 aliphatic heterocycles. The fourth-order valence-corrected chi connectivity index (χ4v) is 3.55. The molecule has 32 heavy (non-hydrogen) atoms. The molecule has 0 saturated heterocycles. The molecule has 0 heterocycles. The van der Waals surface area contributed by atoms with Crippen molar-refractivity contribution >= 4 is 11.8 Å². The lowest BCUT2D eigenvalue weighted by molar-refractivity contribution is -0.140. The highest BCUT2D eigenvalue weighted by Crippen LogP contribution is 2.19. The van der Waals surface area contributed by atoms with Crippen LogP contribution in [-0.2, 0) is 29.0 Å². The number of halogens is 1. The van der Waals surface area contributed by atoms with E-state index >= 15 is 0 Å². The molecule has 0 unspecified atom stereocenters. The fraction of sp³-hybridized carbons (Fsp3) is 0.231. The average molecular weight is 435 g/mol. The maximum atomic E-state index is 14.4. The molecule has 3 aromatic rings. The van der Waals surface area contributed by atoms with E-state index in [1.807, 2.05) is 42.5 Å². The molecule has 3 rings (SSSR count). The number of nitrogens with one attached hydrogen (secondary N) is 1. The molecule has 5 nitrogen and oxygen atoms in total. The molecule has 0 bridgehead atoms. The van der Waals surface area contributed by atoms with Crippen LogP contribution in [0.3, 0.4) is 0 Å². The van der Waals surface area contributed by atoms with Crippen molar-refractivity contribution in [2.45, 2.75) is 25.4 Å². The van der Waals surface area contributed by atoms with Gasteiger partial charge in [0.2, 0.25) is 11.8 Å². The van der Waals surface area contributed by atoms with Gasteiger partial charge < -0.3 is 15.0 Å². The molecule has 0 radical (unpaired) electrons. The topological polar surface area (TPSA) is 58.6 Å². The number of carbonyl (C=O) groups is 2. The van der Waals surface area contributed by atoms with Crippen molar-refractivity contribution in [1.29, 1.82) is 0 Å². The van der Waals surface area contributed by atoms with Gasteiger partial charge in [0.05, 0.1) is 13.5 Å². The van der Waals surface area contributed by atoms with E-state index < -0.39 is 11.9 Å². The van der Waals surface area contributed by atoms with Gasteiger partial charge in [-0.25, -0.2) is 4.39 Å². The van der Waals surface area contributed by atoms with E-state index in [4.69, 9.17) is 4.74 Å². The number of hydrogen-bond acceptors (Lipinski definition) is 3. The Kier molecular flexibility index (Phi) is 7.97. The molecule has 166 valence electrons. The van der Waals surface area contributed by atoms with E-state index in [-0.39, 0.29) is 24.8 Å². The van der Waals surface area contributed by atoms with Gasteiger partial charge in [-0.1, -0.05) is 60.7 Å². The van der Waals surface area contributed by atoms with Gasteiger partial charge in [-0.3, -0.25) is 9.59 Å². The van der Waals surface area contributed by atoms with E-state index in [1.54, 1.807) is 37.4 Å². The average Bonchev–Trinajstić information content (AvgIpc) is 2.83. The number of benzene rings is 3. The van der Waals surface area contributed by atoms with Crippen LogP contribution in [0.1, 0.15) is 16.7 Å². The second-order valence-corrected chi connectivity index (χ2v) is 7.46. The number of methoxy groups -OCH3 is 1. The van der Waals surface area contributed by atoms with Crippen LogP contribution in [-0.4, -0.2) is 36.9 Å². The van der Waals surface area contributed by atoms with Gasteiger partial charge in [-0.05, 0) is 29.3 Å². The maximum Gasteiger partial charge on any atom is 0.242 e. The minimum Gasteiger partial charge on any atom is -0.497 e. The van der Waals surface area contributed by atoms with Crippen molar-refractivity contribution in [2.24, 2.45) is 0 Å². The largest absolute Gasteiger partial charge is 0.497 e. The van der Waals surface area contributed by atoms with E-state index in [9.17, 15) is 14.0 Å². The summed E-state index contributed by atoms with van der Waals surface area (Å²) in [6.07, 6.45) is 0.407. The Morgan fingerprint density at radius 2 is 1.59 bits per heavy atom. The Balaban J connectivity index is 1.93. The first kappa shape index (κ1) is 23.0. The number of likely N-dealkylation sites (N-methyl/N-ethyl adjacent to an activating group) is 1. The van der Waals surface area contributed by atoms with E-state index in [0.29, 0.717) is 17.7 Å². The number of amides is 2. The second-order valence-electron chi connectivity index (χ2n) is 7.46. The van der Waals surface area contributed by atoms with Gasteiger partial charge in [0.25, 0.3) is 0 Å². The summed E-state index contributed by atoms with van der Waals surface area (Å²) < 4.78 is 19.6. The monoisotopic (exact) mass is 434 g/mol. The van der Waals surface area contributed by atoms with Crippen molar-refractivity contribution in [3.05, 3.63) is 101 Å². The van der Waals surface area contributed by atoms with Gasteiger partial charge in [-0.2, -0.15) is 0 Å². The molecule has 0 fully saturated rings. The lowest BCUT2D eigenvalue weighted by Crippen LogP contribution is -2.50. The summed E-state index contributed by atoms with van der Waals surface area (Å²) in [5, 5.41) is 2.66. The highest BCUT2D eigenvalue weighted by molar-refractivity contribution is 5.88. The minimum atomic E-state index is -0.784.